The van der Waals surface area contributed by atoms with Gasteiger partial charge >= 0.3 is 0 Å². The summed E-state index contributed by atoms with van der Waals surface area (Å²) in [4.78, 5) is 23.3. The van der Waals surface area contributed by atoms with E-state index in [2.05, 4.69) is 30.7 Å². The van der Waals surface area contributed by atoms with E-state index in [1.165, 1.54) is 31.1 Å². The van der Waals surface area contributed by atoms with E-state index < -0.39 is 0 Å². The summed E-state index contributed by atoms with van der Waals surface area (Å²) in [6, 6.07) is 11.2. The van der Waals surface area contributed by atoms with Crippen molar-refractivity contribution in [1.82, 2.24) is 15.1 Å². The second kappa shape index (κ2) is 8.08. The molecular formula is C20H22N6O2. The molecule has 3 heterocycles. The fraction of sp³-hybridized carbons (Fsp3) is 0.300. The van der Waals surface area contributed by atoms with E-state index in [0.29, 0.717) is 11.6 Å². The summed E-state index contributed by atoms with van der Waals surface area (Å²) in [6.45, 7) is 3.97. The number of nitrogens with zero attached hydrogens (tertiary/aromatic N) is 4. The summed E-state index contributed by atoms with van der Waals surface area (Å²) in [5, 5.41) is 9.62. The summed E-state index contributed by atoms with van der Waals surface area (Å²) in [5.41, 5.74) is 2.18. The Morgan fingerprint density at radius 1 is 1.11 bits per heavy atom. The van der Waals surface area contributed by atoms with E-state index in [0.717, 1.165) is 18.8 Å². The van der Waals surface area contributed by atoms with Gasteiger partial charge in [-0.25, -0.2) is 9.97 Å². The van der Waals surface area contributed by atoms with E-state index in [1.807, 2.05) is 24.3 Å². The minimum Gasteiger partial charge on any atom is -0.372 e. The molecule has 0 atom stereocenters. The predicted molar refractivity (Wildman–Crippen MR) is 107 cm³/mol. The third-order valence-corrected chi connectivity index (χ3v) is 4.60. The first kappa shape index (κ1) is 18.0. The van der Waals surface area contributed by atoms with Crippen LogP contribution in [0.1, 0.15) is 35.5 Å². The number of piperidine rings is 1. The fourth-order valence-electron chi connectivity index (χ4n) is 3.19. The van der Waals surface area contributed by atoms with Gasteiger partial charge in [0.1, 0.15) is 11.5 Å². The molecule has 0 radical (unpaired) electrons. The van der Waals surface area contributed by atoms with Gasteiger partial charge < -0.3 is 20.1 Å². The number of hydrogen-bond acceptors (Lipinski definition) is 7. The number of benzene rings is 1. The van der Waals surface area contributed by atoms with Gasteiger partial charge in [0.15, 0.2) is 5.82 Å². The molecule has 1 aliphatic rings. The summed E-state index contributed by atoms with van der Waals surface area (Å²) in [6.07, 6.45) is 5.29. The minimum atomic E-state index is -0.299. The highest BCUT2D eigenvalue weighted by Gasteiger charge is 2.13. The molecule has 1 saturated heterocycles. The Hall–Kier alpha value is -3.42. The molecule has 0 saturated carbocycles. The van der Waals surface area contributed by atoms with Gasteiger partial charge in [0.25, 0.3) is 5.91 Å². The van der Waals surface area contributed by atoms with Gasteiger partial charge in [0.05, 0.1) is 0 Å². The average molecular weight is 378 g/mol. The number of amides is 1. The van der Waals surface area contributed by atoms with Crippen molar-refractivity contribution in [2.45, 2.75) is 26.2 Å². The molecule has 0 spiro atoms. The molecule has 8 heteroatoms. The maximum absolute atomic E-state index is 12.5. The van der Waals surface area contributed by atoms with Gasteiger partial charge in [-0.1, -0.05) is 5.16 Å². The van der Waals surface area contributed by atoms with Crippen molar-refractivity contribution in [2.75, 3.05) is 28.6 Å². The van der Waals surface area contributed by atoms with Crippen LogP contribution in [0.2, 0.25) is 0 Å². The standard InChI is InChI=1S/C20H22N6O2/c1-14-13-18(25-28-14)24-20-21-10-9-17(23-20)19(27)22-15-5-7-16(8-6-15)26-11-3-2-4-12-26/h5-10,13H,2-4,11-12H2,1H3,(H,22,27)(H,21,23,24,25). The molecule has 28 heavy (non-hydrogen) atoms. The molecule has 2 N–H and O–H groups in total. The highest BCUT2D eigenvalue weighted by molar-refractivity contribution is 6.03. The highest BCUT2D eigenvalue weighted by Crippen LogP contribution is 2.22. The van der Waals surface area contributed by atoms with Crippen LogP contribution in [0, 0.1) is 6.92 Å². The monoisotopic (exact) mass is 378 g/mol. The number of hydrogen-bond donors (Lipinski definition) is 2. The van der Waals surface area contributed by atoms with E-state index >= 15 is 0 Å². The van der Waals surface area contributed by atoms with Gasteiger partial charge in [-0.15, -0.1) is 0 Å². The van der Waals surface area contributed by atoms with Crippen molar-refractivity contribution >= 4 is 29.0 Å². The highest BCUT2D eigenvalue weighted by atomic mass is 16.5. The lowest BCUT2D eigenvalue weighted by Crippen LogP contribution is -2.29. The lowest BCUT2D eigenvalue weighted by molar-refractivity contribution is 0.102. The van der Waals surface area contributed by atoms with Crippen molar-refractivity contribution in [3.63, 3.8) is 0 Å². The molecule has 0 unspecified atom stereocenters. The Labute approximate surface area is 163 Å². The Balaban J connectivity index is 1.41. The van der Waals surface area contributed by atoms with Crippen molar-refractivity contribution in [1.29, 1.82) is 0 Å². The quantitative estimate of drug-likeness (QED) is 0.698. The van der Waals surface area contributed by atoms with Crippen LogP contribution in [0.4, 0.5) is 23.1 Å². The second-order valence-electron chi connectivity index (χ2n) is 6.76. The first-order valence-electron chi connectivity index (χ1n) is 9.37. The number of carbonyl (C=O) groups is 1. The van der Waals surface area contributed by atoms with E-state index in [4.69, 9.17) is 4.52 Å². The molecule has 1 aliphatic heterocycles. The third kappa shape index (κ3) is 4.28. The Bertz CT molecular complexity index is 947. The molecule has 3 aromatic rings. The van der Waals surface area contributed by atoms with Gasteiger partial charge in [0, 0.05) is 36.7 Å². The van der Waals surface area contributed by atoms with Crippen molar-refractivity contribution < 1.29 is 9.32 Å². The van der Waals surface area contributed by atoms with Crippen LogP contribution in [-0.2, 0) is 0 Å². The maximum Gasteiger partial charge on any atom is 0.274 e. The zero-order chi connectivity index (χ0) is 19.3. The van der Waals surface area contributed by atoms with Crippen LogP contribution in [0.5, 0.6) is 0 Å². The molecule has 144 valence electrons. The van der Waals surface area contributed by atoms with Crippen LogP contribution < -0.4 is 15.5 Å². The molecule has 1 fully saturated rings. The molecule has 0 bridgehead atoms. The first-order chi connectivity index (χ1) is 13.7. The molecule has 1 aromatic carbocycles. The van der Waals surface area contributed by atoms with Crippen LogP contribution in [0.3, 0.4) is 0 Å². The van der Waals surface area contributed by atoms with E-state index in [1.54, 1.807) is 19.1 Å². The van der Waals surface area contributed by atoms with Crippen molar-refractivity contribution in [2.24, 2.45) is 0 Å². The molecule has 8 nitrogen and oxygen atoms in total. The third-order valence-electron chi connectivity index (χ3n) is 4.60. The number of nitrogens with one attached hydrogen (secondary N) is 2. The zero-order valence-corrected chi connectivity index (χ0v) is 15.7. The van der Waals surface area contributed by atoms with Gasteiger partial charge in [-0.3, -0.25) is 4.79 Å². The lowest BCUT2D eigenvalue weighted by atomic mass is 10.1. The van der Waals surface area contributed by atoms with Gasteiger partial charge in [-0.05, 0) is 56.5 Å². The van der Waals surface area contributed by atoms with E-state index in [9.17, 15) is 4.79 Å². The smallest absolute Gasteiger partial charge is 0.274 e. The van der Waals surface area contributed by atoms with Crippen LogP contribution >= 0.6 is 0 Å². The zero-order valence-electron chi connectivity index (χ0n) is 15.7. The second-order valence-corrected chi connectivity index (χ2v) is 6.76. The number of aryl methyl sites for hydroxylation is 1. The lowest BCUT2D eigenvalue weighted by Gasteiger charge is -2.28. The van der Waals surface area contributed by atoms with Crippen LogP contribution in [0.25, 0.3) is 0 Å². The SMILES string of the molecule is Cc1cc(Nc2nccc(C(=O)Nc3ccc(N4CCCCC4)cc3)n2)no1. The van der Waals surface area contributed by atoms with E-state index in [-0.39, 0.29) is 17.5 Å². The summed E-state index contributed by atoms with van der Waals surface area (Å²) < 4.78 is 5.00. The minimum absolute atomic E-state index is 0.262. The Morgan fingerprint density at radius 2 is 1.89 bits per heavy atom. The Kier molecular flexibility index (Phi) is 5.18. The number of carbonyl (C=O) groups excluding carboxylic acids is 1. The molecule has 4 rings (SSSR count). The number of rotatable bonds is 5. The molecular weight excluding hydrogens is 356 g/mol. The summed E-state index contributed by atoms with van der Waals surface area (Å²) >= 11 is 0. The maximum atomic E-state index is 12.5. The fourth-order valence-corrected chi connectivity index (χ4v) is 3.19. The van der Waals surface area contributed by atoms with Gasteiger partial charge in [0.2, 0.25) is 5.95 Å². The van der Waals surface area contributed by atoms with Gasteiger partial charge in [-0.2, -0.15) is 0 Å². The predicted octanol–water partition coefficient (Wildman–Crippen LogP) is 3.76. The molecule has 0 aliphatic carbocycles. The molecule has 1 amide bonds. The topological polar surface area (TPSA) is 96.2 Å². The molecule has 2 aromatic heterocycles. The Morgan fingerprint density at radius 3 is 2.61 bits per heavy atom. The average Bonchev–Trinajstić information content (AvgIpc) is 3.14. The first-order valence-corrected chi connectivity index (χ1v) is 9.37. The summed E-state index contributed by atoms with van der Waals surface area (Å²) in [7, 11) is 0. The largest absolute Gasteiger partial charge is 0.372 e. The number of aromatic nitrogens is 3. The van der Waals surface area contributed by atoms with Crippen LogP contribution in [-0.4, -0.2) is 34.1 Å². The van der Waals surface area contributed by atoms with Crippen LogP contribution in [0.15, 0.2) is 47.1 Å². The summed E-state index contributed by atoms with van der Waals surface area (Å²) in [5.74, 6) is 1.14. The number of anilines is 4. The van der Waals surface area contributed by atoms with Crippen molar-refractivity contribution in [3.8, 4) is 0 Å². The van der Waals surface area contributed by atoms with Crippen molar-refractivity contribution in [3.05, 3.63) is 54.0 Å². The normalized spacial score (nSPS) is 14.0.